The molecule has 0 amide bonds. The monoisotopic (exact) mass is 416 g/mol. The predicted molar refractivity (Wildman–Crippen MR) is 85.0 cm³/mol. The van der Waals surface area contributed by atoms with Crippen LogP contribution >= 0.6 is 0 Å². The Morgan fingerprint density at radius 2 is 1.04 bits per heavy atom. The summed E-state index contributed by atoms with van der Waals surface area (Å²) >= 11 is 0. The minimum atomic E-state index is -2.36. The van der Waals surface area contributed by atoms with Crippen molar-refractivity contribution in [1.29, 1.82) is 0 Å². The van der Waals surface area contributed by atoms with E-state index < -0.39 is 67.4 Å². The number of carbonyl (C=O) groups excluding carboxylic acids is 1. The topological polar surface area (TPSA) is 274 Å². The molecule has 14 nitrogen and oxygen atoms in total. The van der Waals surface area contributed by atoms with Crippen molar-refractivity contribution in [3.8, 4) is 0 Å². The maximum Gasteiger partial charge on any atom is 0.335 e. The highest BCUT2D eigenvalue weighted by atomic mass is 24.3. The maximum atomic E-state index is 10.1. The predicted octanol–water partition coefficient (Wildman–Crippen LogP) is -7.70. The van der Waals surface area contributed by atoms with E-state index in [1.54, 1.807) is 0 Å². The van der Waals surface area contributed by atoms with Gasteiger partial charge in [-0.1, -0.05) is 0 Å². The van der Waals surface area contributed by atoms with E-state index in [9.17, 15) is 14.4 Å². The van der Waals surface area contributed by atoms with Crippen LogP contribution in [0.15, 0.2) is 0 Å². The van der Waals surface area contributed by atoms with Crippen LogP contribution in [0.3, 0.4) is 0 Å². The van der Waals surface area contributed by atoms with Gasteiger partial charge >= 0.3 is 35.0 Å². The summed E-state index contributed by atoms with van der Waals surface area (Å²) in [6, 6.07) is 0. The molecule has 0 aromatic heterocycles. The third-order valence-electron chi connectivity index (χ3n) is 2.92. The molecule has 0 heterocycles. The molecule has 0 bridgehead atoms. The van der Waals surface area contributed by atoms with Gasteiger partial charge in [-0.3, -0.25) is 0 Å². The molecule has 0 rings (SSSR count). The third-order valence-corrected chi connectivity index (χ3v) is 2.92. The summed E-state index contributed by atoms with van der Waals surface area (Å²) < 4.78 is 0. The third kappa shape index (κ3) is 10.8. The molecule has 0 saturated heterocycles. The van der Waals surface area contributed by atoms with Crippen LogP contribution in [-0.2, 0) is 14.4 Å². The maximum absolute atomic E-state index is 10.1. The summed E-state index contributed by atoms with van der Waals surface area (Å²) in [6.45, 7) is -0.760. The second-order valence-corrected chi connectivity index (χ2v) is 4.91. The minimum absolute atomic E-state index is 0. The molecular formula is C12H24MgO14. The standard InChI is InChI=1S/C6H10O8.C6H12O6.Mg.2H/c7-1(3(9)5(11)12)2(8)4(10)6(13)14;7-1-3(9)5(11)6(12)4(10)2-8;;;/h1-4,7-10H,(H,11,12)(H,13,14);1,3-6,8-12H,2H2;;;. The zero-order chi connectivity index (χ0) is 21.2. The number of carbonyl (C=O) groups is 3. The molecule has 15 heteroatoms. The fourth-order valence-corrected chi connectivity index (χ4v) is 1.28. The molecule has 8 atom stereocenters. The first-order valence-electron chi connectivity index (χ1n) is 6.79. The Kier molecular flexibility index (Phi) is 17.1. The minimum Gasteiger partial charge on any atom is -0.479 e. The molecule has 0 fully saturated rings. The van der Waals surface area contributed by atoms with Crippen LogP contribution < -0.4 is 0 Å². The molecule has 0 radical (unpaired) electrons. The van der Waals surface area contributed by atoms with Gasteiger partial charge in [-0.05, 0) is 0 Å². The molecule has 27 heavy (non-hydrogen) atoms. The van der Waals surface area contributed by atoms with E-state index in [0.717, 1.165) is 0 Å². The first-order valence-corrected chi connectivity index (χ1v) is 6.79. The van der Waals surface area contributed by atoms with Gasteiger partial charge in [-0.2, -0.15) is 0 Å². The summed E-state index contributed by atoms with van der Waals surface area (Å²) in [7, 11) is 0. The molecule has 8 unspecified atom stereocenters. The number of carboxylic acids is 2. The average molecular weight is 417 g/mol. The van der Waals surface area contributed by atoms with Crippen molar-refractivity contribution >= 4 is 41.3 Å². The second kappa shape index (κ2) is 15.0. The van der Waals surface area contributed by atoms with E-state index in [0.29, 0.717) is 0 Å². The van der Waals surface area contributed by atoms with Gasteiger partial charge in [0.2, 0.25) is 0 Å². The Hall–Kier alpha value is -0.984. The normalized spacial score (nSPS) is 19.4. The van der Waals surface area contributed by atoms with Crippen LogP contribution in [-0.4, -0.2) is 153 Å². The van der Waals surface area contributed by atoms with Crippen molar-refractivity contribution in [3.05, 3.63) is 0 Å². The van der Waals surface area contributed by atoms with E-state index in [-0.39, 0.29) is 29.3 Å². The summed E-state index contributed by atoms with van der Waals surface area (Å²) in [5, 5.41) is 95.0. The van der Waals surface area contributed by atoms with Gasteiger partial charge in [0.1, 0.15) is 36.6 Å². The van der Waals surface area contributed by atoms with Crippen LogP contribution in [0.4, 0.5) is 0 Å². The lowest BCUT2D eigenvalue weighted by Crippen LogP contribution is -2.49. The van der Waals surface area contributed by atoms with Gasteiger partial charge in [0.15, 0.2) is 18.5 Å². The molecule has 11 N–H and O–H groups in total. The lowest BCUT2D eigenvalue weighted by atomic mass is 10.0. The van der Waals surface area contributed by atoms with E-state index in [2.05, 4.69) is 0 Å². The molecule has 0 aliphatic heterocycles. The first kappa shape index (κ1) is 30.7. The molecule has 0 aliphatic rings. The van der Waals surface area contributed by atoms with Gasteiger partial charge in [-0.25, -0.2) is 9.59 Å². The van der Waals surface area contributed by atoms with Crippen molar-refractivity contribution in [3.63, 3.8) is 0 Å². The Balaban J connectivity index is -0.000000416. The summed E-state index contributed by atoms with van der Waals surface area (Å²) in [5.41, 5.74) is 0. The van der Waals surface area contributed by atoms with E-state index >= 15 is 0 Å². The van der Waals surface area contributed by atoms with Crippen molar-refractivity contribution < 1.29 is 70.6 Å². The molecule has 0 aromatic rings. The molecule has 0 spiro atoms. The number of aliphatic carboxylic acids is 2. The molecule has 0 aliphatic carbocycles. The van der Waals surface area contributed by atoms with Crippen LogP contribution in [0.1, 0.15) is 0 Å². The number of aliphatic hydroxyl groups excluding tert-OH is 9. The van der Waals surface area contributed by atoms with Gasteiger partial charge < -0.3 is 61.0 Å². The summed E-state index contributed by atoms with van der Waals surface area (Å²) in [4.78, 5) is 30.1. The highest BCUT2D eigenvalue weighted by Gasteiger charge is 2.37. The zero-order valence-corrected chi connectivity index (χ0v) is 13.0. The van der Waals surface area contributed by atoms with Crippen molar-refractivity contribution in [2.75, 3.05) is 6.61 Å². The number of rotatable bonds is 10. The number of hydrogen-bond acceptors (Lipinski definition) is 12. The van der Waals surface area contributed by atoms with Gasteiger partial charge in [0, 0.05) is 0 Å². The van der Waals surface area contributed by atoms with Crippen LogP contribution in [0.5, 0.6) is 0 Å². The van der Waals surface area contributed by atoms with Crippen molar-refractivity contribution in [1.82, 2.24) is 0 Å². The average Bonchev–Trinajstić information content (AvgIpc) is 2.62. The van der Waals surface area contributed by atoms with Crippen molar-refractivity contribution in [2.45, 2.75) is 48.8 Å². The van der Waals surface area contributed by atoms with E-state index in [1.807, 2.05) is 0 Å². The number of aldehydes is 1. The molecule has 158 valence electrons. The number of aliphatic hydroxyl groups is 9. The van der Waals surface area contributed by atoms with Gasteiger partial charge in [-0.15, -0.1) is 0 Å². The Morgan fingerprint density at radius 1 is 0.704 bits per heavy atom. The highest BCUT2D eigenvalue weighted by molar-refractivity contribution is 5.75. The first-order chi connectivity index (χ1) is 11.8. The Labute approximate surface area is 167 Å². The molecule has 0 aromatic carbocycles. The van der Waals surface area contributed by atoms with Gasteiger partial charge in [0.25, 0.3) is 0 Å². The second-order valence-electron chi connectivity index (χ2n) is 4.91. The molecular weight excluding hydrogens is 392 g/mol. The fourth-order valence-electron chi connectivity index (χ4n) is 1.28. The Morgan fingerprint density at radius 3 is 1.26 bits per heavy atom. The van der Waals surface area contributed by atoms with Crippen molar-refractivity contribution in [2.24, 2.45) is 0 Å². The zero-order valence-electron chi connectivity index (χ0n) is 13.0. The van der Waals surface area contributed by atoms with Crippen LogP contribution in [0.25, 0.3) is 0 Å². The number of carboxylic acid groups (broad SMARTS) is 2. The fraction of sp³-hybridized carbons (Fsp3) is 0.750. The SMILES string of the molecule is O=C(O)C(O)C(O)C(O)C(O)C(=O)O.O=CC(O)C(O)C(O)C(O)CO.[MgH2]. The van der Waals surface area contributed by atoms with Crippen LogP contribution in [0, 0.1) is 0 Å². The smallest absolute Gasteiger partial charge is 0.335 e. The van der Waals surface area contributed by atoms with Crippen LogP contribution in [0.2, 0.25) is 0 Å². The number of hydrogen-bond donors (Lipinski definition) is 11. The lowest BCUT2D eigenvalue weighted by molar-refractivity contribution is -0.172. The van der Waals surface area contributed by atoms with Gasteiger partial charge in [0.05, 0.1) is 6.61 Å². The summed E-state index contributed by atoms with van der Waals surface area (Å²) in [6.07, 6.45) is -16.1. The van der Waals surface area contributed by atoms with E-state index in [1.165, 1.54) is 0 Å². The quantitative estimate of drug-likeness (QED) is 0.116. The summed E-state index contributed by atoms with van der Waals surface area (Å²) in [5.74, 6) is -3.68. The lowest BCUT2D eigenvalue weighted by Gasteiger charge is -2.22. The highest BCUT2D eigenvalue weighted by Crippen LogP contribution is 2.05. The Bertz CT molecular complexity index is 424. The largest absolute Gasteiger partial charge is 0.479 e. The molecule has 0 saturated carbocycles. The van der Waals surface area contributed by atoms with E-state index in [4.69, 9.17) is 56.2 Å².